The molecule has 4 heteroatoms. The van der Waals surface area contributed by atoms with Crippen LogP contribution in [0.3, 0.4) is 0 Å². The highest BCUT2D eigenvalue weighted by atomic mass is 15.3. The van der Waals surface area contributed by atoms with E-state index in [9.17, 15) is 0 Å². The van der Waals surface area contributed by atoms with Crippen molar-refractivity contribution in [2.45, 2.75) is 52.1 Å². The number of aromatic nitrogens is 3. The maximum absolute atomic E-state index is 4.34. The van der Waals surface area contributed by atoms with Gasteiger partial charge in [-0.2, -0.15) is 0 Å². The molecule has 1 saturated heterocycles. The molecule has 1 aliphatic heterocycles. The van der Waals surface area contributed by atoms with Crippen LogP contribution < -0.4 is 5.32 Å². The second-order valence-corrected chi connectivity index (χ2v) is 4.58. The summed E-state index contributed by atoms with van der Waals surface area (Å²) in [7, 11) is 0. The van der Waals surface area contributed by atoms with Crippen molar-refractivity contribution < 1.29 is 0 Å². The van der Waals surface area contributed by atoms with Crippen LogP contribution in [0.25, 0.3) is 0 Å². The van der Waals surface area contributed by atoms with Crippen molar-refractivity contribution in [1.82, 2.24) is 20.1 Å². The van der Waals surface area contributed by atoms with E-state index < -0.39 is 0 Å². The van der Waals surface area contributed by atoms with E-state index in [0.717, 1.165) is 37.6 Å². The zero-order valence-electron chi connectivity index (χ0n) is 9.88. The fourth-order valence-electron chi connectivity index (χ4n) is 2.37. The zero-order valence-corrected chi connectivity index (χ0v) is 9.88. The molecule has 0 bridgehead atoms. The molecule has 4 nitrogen and oxygen atoms in total. The molecule has 15 heavy (non-hydrogen) atoms. The number of hydrogen-bond donors (Lipinski definition) is 1. The minimum atomic E-state index is 0.0381. The van der Waals surface area contributed by atoms with Gasteiger partial charge in [0.25, 0.3) is 0 Å². The predicted octanol–water partition coefficient (Wildman–Crippen LogP) is 1.60. The Morgan fingerprint density at radius 2 is 2.27 bits per heavy atom. The van der Waals surface area contributed by atoms with E-state index >= 15 is 0 Å². The highest BCUT2D eigenvalue weighted by molar-refractivity contribution is 5.09. The molecule has 1 aromatic heterocycles. The fourth-order valence-corrected chi connectivity index (χ4v) is 2.37. The lowest BCUT2D eigenvalue weighted by Crippen LogP contribution is -2.36. The van der Waals surface area contributed by atoms with Gasteiger partial charge in [-0.1, -0.05) is 6.92 Å². The summed E-state index contributed by atoms with van der Waals surface area (Å²) in [5.41, 5.74) is 0.0381. The summed E-state index contributed by atoms with van der Waals surface area (Å²) in [6.45, 7) is 8.56. The normalized spacial score (nSPS) is 26.1. The van der Waals surface area contributed by atoms with Crippen LogP contribution >= 0.6 is 0 Å². The van der Waals surface area contributed by atoms with Crippen molar-refractivity contribution in [3.63, 3.8) is 0 Å². The third-order valence-corrected chi connectivity index (χ3v) is 3.25. The van der Waals surface area contributed by atoms with Crippen LogP contribution in [0.4, 0.5) is 0 Å². The topological polar surface area (TPSA) is 42.7 Å². The summed E-state index contributed by atoms with van der Waals surface area (Å²) in [5.74, 6) is 2.14. The third-order valence-electron chi connectivity index (χ3n) is 3.25. The molecular formula is C11H20N4. The Morgan fingerprint density at radius 1 is 1.47 bits per heavy atom. The molecule has 1 aliphatic rings. The molecule has 1 N–H and O–H groups in total. The van der Waals surface area contributed by atoms with Gasteiger partial charge < -0.3 is 9.88 Å². The molecular weight excluding hydrogens is 188 g/mol. The molecule has 0 aromatic carbocycles. The second kappa shape index (κ2) is 3.93. The molecule has 1 fully saturated rings. The van der Waals surface area contributed by atoms with Gasteiger partial charge in [0.2, 0.25) is 0 Å². The summed E-state index contributed by atoms with van der Waals surface area (Å²) in [4.78, 5) is 0. The Labute approximate surface area is 91.1 Å². The van der Waals surface area contributed by atoms with Crippen molar-refractivity contribution in [2.75, 3.05) is 6.54 Å². The Kier molecular flexibility index (Phi) is 2.78. The average Bonchev–Trinajstić information content (AvgIpc) is 2.77. The van der Waals surface area contributed by atoms with Gasteiger partial charge in [-0.25, -0.2) is 0 Å². The van der Waals surface area contributed by atoms with Crippen LogP contribution in [-0.2, 0) is 12.1 Å². The van der Waals surface area contributed by atoms with E-state index in [1.54, 1.807) is 0 Å². The monoisotopic (exact) mass is 208 g/mol. The van der Waals surface area contributed by atoms with Gasteiger partial charge in [0.05, 0.1) is 5.54 Å². The highest BCUT2D eigenvalue weighted by Gasteiger charge is 2.35. The molecule has 0 spiro atoms. The van der Waals surface area contributed by atoms with Crippen LogP contribution in [0.2, 0.25) is 0 Å². The molecule has 0 amide bonds. The first-order valence-corrected chi connectivity index (χ1v) is 5.82. The van der Waals surface area contributed by atoms with Gasteiger partial charge in [0, 0.05) is 6.54 Å². The molecule has 0 radical (unpaired) electrons. The largest absolute Gasteiger partial charge is 0.314 e. The summed E-state index contributed by atoms with van der Waals surface area (Å²) in [5, 5.41) is 12.1. The Balaban J connectivity index is 2.34. The van der Waals surface area contributed by atoms with E-state index in [1.807, 2.05) is 6.92 Å². The molecule has 2 heterocycles. The summed E-state index contributed by atoms with van der Waals surface area (Å²) < 4.78 is 2.25. The van der Waals surface area contributed by atoms with Gasteiger partial charge in [0.15, 0.2) is 5.82 Å². The number of hydrogen-bond acceptors (Lipinski definition) is 3. The van der Waals surface area contributed by atoms with Crippen molar-refractivity contribution in [3.8, 4) is 0 Å². The minimum Gasteiger partial charge on any atom is -0.314 e. The molecule has 0 saturated carbocycles. The number of nitrogens with zero attached hydrogens (tertiary/aromatic N) is 3. The third kappa shape index (κ3) is 1.78. The summed E-state index contributed by atoms with van der Waals surface area (Å²) in [6, 6.07) is 0. The highest BCUT2D eigenvalue weighted by Crippen LogP contribution is 2.29. The van der Waals surface area contributed by atoms with E-state index in [0.29, 0.717) is 0 Å². The maximum Gasteiger partial charge on any atom is 0.153 e. The van der Waals surface area contributed by atoms with E-state index in [1.165, 1.54) is 6.42 Å². The maximum atomic E-state index is 4.34. The molecule has 0 aliphatic carbocycles. The van der Waals surface area contributed by atoms with Gasteiger partial charge >= 0.3 is 0 Å². The smallest absolute Gasteiger partial charge is 0.153 e. The standard InChI is InChI=1S/C11H20N4/c1-4-8-15-9(2)13-14-10(15)11(3)6-5-7-12-11/h12H,4-8H2,1-3H3. The molecule has 2 rings (SSSR count). The van der Waals surface area contributed by atoms with Crippen molar-refractivity contribution in [2.24, 2.45) is 0 Å². The number of aryl methyl sites for hydroxylation is 1. The van der Waals surface area contributed by atoms with Crippen LogP contribution in [0, 0.1) is 6.92 Å². The lowest BCUT2D eigenvalue weighted by molar-refractivity contribution is 0.382. The molecule has 84 valence electrons. The van der Waals surface area contributed by atoms with Gasteiger partial charge in [-0.3, -0.25) is 0 Å². The first kappa shape index (κ1) is 10.6. The summed E-state index contributed by atoms with van der Waals surface area (Å²) >= 11 is 0. The van der Waals surface area contributed by atoms with E-state index in [4.69, 9.17) is 0 Å². The zero-order chi connectivity index (χ0) is 10.9. The summed E-state index contributed by atoms with van der Waals surface area (Å²) in [6.07, 6.45) is 3.52. The quantitative estimate of drug-likeness (QED) is 0.820. The van der Waals surface area contributed by atoms with Crippen LogP contribution in [0.15, 0.2) is 0 Å². The minimum absolute atomic E-state index is 0.0381. The second-order valence-electron chi connectivity index (χ2n) is 4.58. The van der Waals surface area contributed by atoms with Gasteiger partial charge in [-0.05, 0) is 39.7 Å². The Bertz CT molecular complexity index is 336. The Morgan fingerprint density at radius 3 is 2.87 bits per heavy atom. The predicted molar refractivity (Wildman–Crippen MR) is 59.6 cm³/mol. The van der Waals surface area contributed by atoms with Crippen LogP contribution in [0.1, 0.15) is 44.8 Å². The number of nitrogens with one attached hydrogen (secondary N) is 1. The van der Waals surface area contributed by atoms with E-state index in [-0.39, 0.29) is 5.54 Å². The first-order chi connectivity index (χ1) is 7.17. The van der Waals surface area contributed by atoms with Gasteiger partial charge in [0.1, 0.15) is 5.82 Å². The van der Waals surface area contributed by atoms with Crippen molar-refractivity contribution in [3.05, 3.63) is 11.6 Å². The van der Waals surface area contributed by atoms with Crippen LogP contribution in [-0.4, -0.2) is 21.3 Å². The lowest BCUT2D eigenvalue weighted by atomic mass is 9.99. The molecule has 1 unspecified atom stereocenters. The number of rotatable bonds is 3. The lowest BCUT2D eigenvalue weighted by Gasteiger charge is -2.24. The SMILES string of the molecule is CCCn1c(C)nnc1C1(C)CCCN1. The fraction of sp³-hybridized carbons (Fsp3) is 0.818. The van der Waals surface area contributed by atoms with E-state index in [2.05, 4.69) is 33.9 Å². The first-order valence-electron chi connectivity index (χ1n) is 5.82. The molecule has 1 aromatic rings. The van der Waals surface area contributed by atoms with Crippen molar-refractivity contribution >= 4 is 0 Å². The van der Waals surface area contributed by atoms with Crippen LogP contribution in [0.5, 0.6) is 0 Å². The van der Waals surface area contributed by atoms with Crippen molar-refractivity contribution in [1.29, 1.82) is 0 Å². The molecule has 1 atom stereocenters. The Hall–Kier alpha value is -0.900. The van der Waals surface area contributed by atoms with Gasteiger partial charge in [-0.15, -0.1) is 10.2 Å². The average molecular weight is 208 g/mol.